The van der Waals surface area contributed by atoms with Gasteiger partial charge in [0.25, 0.3) is 5.91 Å². The van der Waals surface area contributed by atoms with Crippen LogP contribution in [0.1, 0.15) is 10.4 Å². The van der Waals surface area contributed by atoms with Crippen LogP contribution in [0.4, 0.5) is 11.6 Å². The van der Waals surface area contributed by atoms with E-state index in [2.05, 4.69) is 26.4 Å². The largest absolute Gasteiger partial charge is 0.369 e. The quantitative estimate of drug-likeness (QED) is 0.720. The first-order valence-electron chi connectivity index (χ1n) is 10.0. The Hall–Kier alpha value is -2.90. The minimum Gasteiger partial charge on any atom is -0.369 e. The number of fused-ring (bicyclic) bond motifs is 1. The number of hydrogen-bond acceptors (Lipinski definition) is 5. The summed E-state index contributed by atoms with van der Waals surface area (Å²) in [6, 6.07) is 15.2. The molecule has 2 aromatic carbocycles. The zero-order valence-electron chi connectivity index (χ0n) is 17.1. The van der Waals surface area contributed by atoms with Crippen LogP contribution in [0.15, 0.2) is 48.5 Å². The third-order valence-corrected chi connectivity index (χ3v) is 5.71. The number of nitrogens with zero attached hydrogens (tertiary/aromatic N) is 5. The number of carbonyl (C=O) groups is 1. The zero-order chi connectivity index (χ0) is 20.4. The first kappa shape index (κ1) is 19.4. The van der Waals surface area contributed by atoms with E-state index >= 15 is 0 Å². The highest BCUT2D eigenvalue weighted by molar-refractivity contribution is 6.06. The molecule has 0 radical (unpaired) electrons. The Morgan fingerprint density at radius 1 is 1.07 bits per heavy atom. The highest BCUT2D eigenvalue weighted by Crippen LogP contribution is 2.24. The van der Waals surface area contributed by atoms with E-state index < -0.39 is 0 Å². The Bertz CT molecular complexity index is 991. The second kappa shape index (κ2) is 8.23. The molecule has 0 unspecified atom stereocenters. The van der Waals surface area contributed by atoms with Crippen LogP contribution < -0.4 is 10.6 Å². The van der Waals surface area contributed by atoms with Crippen LogP contribution in [-0.2, 0) is 6.54 Å². The van der Waals surface area contributed by atoms with Crippen molar-refractivity contribution in [2.45, 2.75) is 6.54 Å². The Morgan fingerprint density at radius 3 is 2.52 bits per heavy atom. The Kier molecular flexibility index (Phi) is 5.51. The van der Waals surface area contributed by atoms with Crippen LogP contribution in [0.25, 0.3) is 11.0 Å². The highest BCUT2D eigenvalue weighted by atomic mass is 16.2. The summed E-state index contributed by atoms with van der Waals surface area (Å²) < 4.78 is 2.07. The van der Waals surface area contributed by atoms with Gasteiger partial charge in [0, 0.05) is 57.6 Å². The van der Waals surface area contributed by atoms with Crippen molar-refractivity contribution in [1.82, 2.24) is 19.4 Å². The van der Waals surface area contributed by atoms with Gasteiger partial charge in [0.1, 0.15) is 0 Å². The number of nitrogens with two attached hydrogens (primary N) is 1. The van der Waals surface area contributed by atoms with E-state index in [1.54, 1.807) is 11.9 Å². The third kappa shape index (κ3) is 4.11. The molecule has 1 aliphatic heterocycles. The number of benzene rings is 2. The summed E-state index contributed by atoms with van der Waals surface area (Å²) in [6.07, 6.45) is 0. The smallest absolute Gasteiger partial charge is 0.258 e. The number of anilines is 2. The maximum atomic E-state index is 12.7. The Labute approximate surface area is 171 Å². The lowest BCUT2D eigenvalue weighted by Crippen LogP contribution is -2.45. The summed E-state index contributed by atoms with van der Waals surface area (Å²) in [7, 11) is 3.94. The highest BCUT2D eigenvalue weighted by Gasteiger charge is 2.17. The van der Waals surface area contributed by atoms with E-state index in [4.69, 9.17) is 5.73 Å². The molecule has 0 atom stereocenters. The molecule has 1 fully saturated rings. The topological polar surface area (TPSA) is 70.6 Å². The number of rotatable bonds is 5. The van der Waals surface area contributed by atoms with Crippen molar-refractivity contribution < 1.29 is 4.79 Å². The van der Waals surface area contributed by atoms with Gasteiger partial charge < -0.3 is 20.1 Å². The minimum atomic E-state index is -0.0487. The van der Waals surface area contributed by atoms with Gasteiger partial charge in [-0.25, -0.2) is 4.98 Å². The van der Waals surface area contributed by atoms with Gasteiger partial charge in [-0.15, -0.1) is 0 Å². The molecule has 1 aliphatic rings. The van der Waals surface area contributed by atoms with Gasteiger partial charge in [0.2, 0.25) is 5.95 Å². The lowest BCUT2D eigenvalue weighted by molar-refractivity contribution is 0.0993. The predicted octanol–water partition coefficient (Wildman–Crippen LogP) is 2.14. The van der Waals surface area contributed by atoms with Crippen molar-refractivity contribution >= 4 is 28.6 Å². The minimum absolute atomic E-state index is 0.0487. The summed E-state index contributed by atoms with van der Waals surface area (Å²) in [6.45, 7) is 6.14. The van der Waals surface area contributed by atoms with Gasteiger partial charge in [-0.2, -0.15) is 0 Å². The Morgan fingerprint density at radius 2 is 1.79 bits per heavy atom. The van der Waals surface area contributed by atoms with Crippen molar-refractivity contribution in [2.24, 2.45) is 0 Å². The van der Waals surface area contributed by atoms with Gasteiger partial charge in [0.05, 0.1) is 11.0 Å². The van der Waals surface area contributed by atoms with Crippen LogP contribution >= 0.6 is 0 Å². The fourth-order valence-corrected chi connectivity index (χ4v) is 3.78. The average molecular weight is 393 g/mol. The molecule has 0 bridgehead atoms. The second-order valence-corrected chi connectivity index (χ2v) is 7.67. The van der Waals surface area contributed by atoms with Crippen LogP contribution in [0, 0.1) is 0 Å². The summed E-state index contributed by atoms with van der Waals surface area (Å²) in [4.78, 5) is 23.7. The number of hydrogen-bond donors (Lipinski definition) is 1. The number of nitrogen functional groups attached to an aromatic ring is 1. The maximum Gasteiger partial charge on any atom is 0.258 e. The number of amides is 1. The molecule has 2 N–H and O–H groups in total. The van der Waals surface area contributed by atoms with Crippen molar-refractivity contribution in [2.75, 3.05) is 57.5 Å². The number of carbonyl (C=O) groups excluding carboxylic acids is 1. The first-order chi connectivity index (χ1) is 14.0. The van der Waals surface area contributed by atoms with E-state index in [1.165, 1.54) is 0 Å². The molecule has 0 aliphatic carbocycles. The van der Waals surface area contributed by atoms with E-state index in [0.717, 1.165) is 56.0 Å². The van der Waals surface area contributed by atoms with Gasteiger partial charge in [0.15, 0.2) is 0 Å². The van der Waals surface area contributed by atoms with Crippen molar-refractivity contribution in [3.8, 4) is 0 Å². The molecule has 1 aromatic heterocycles. The van der Waals surface area contributed by atoms with Crippen molar-refractivity contribution in [3.05, 3.63) is 54.1 Å². The summed E-state index contributed by atoms with van der Waals surface area (Å²) in [5, 5.41) is 0. The fraction of sp³-hybridized carbons (Fsp3) is 0.364. The first-order valence-corrected chi connectivity index (χ1v) is 10.0. The van der Waals surface area contributed by atoms with E-state index in [0.29, 0.717) is 11.5 Å². The van der Waals surface area contributed by atoms with Gasteiger partial charge >= 0.3 is 0 Å². The molecule has 2 heterocycles. The predicted molar refractivity (Wildman–Crippen MR) is 117 cm³/mol. The number of aromatic nitrogens is 2. The lowest BCUT2D eigenvalue weighted by atomic mass is 10.2. The molecule has 1 amide bonds. The van der Waals surface area contributed by atoms with Crippen LogP contribution in [0.2, 0.25) is 0 Å². The van der Waals surface area contributed by atoms with Gasteiger partial charge in [-0.05, 0) is 37.4 Å². The molecule has 0 spiro atoms. The number of imidazole rings is 1. The van der Waals surface area contributed by atoms with Gasteiger partial charge in [-0.1, -0.05) is 18.2 Å². The second-order valence-electron chi connectivity index (χ2n) is 7.67. The monoisotopic (exact) mass is 392 g/mol. The van der Waals surface area contributed by atoms with Gasteiger partial charge in [-0.3, -0.25) is 9.69 Å². The summed E-state index contributed by atoms with van der Waals surface area (Å²) in [5.41, 5.74) is 9.49. The molecular formula is C22H28N6O. The van der Waals surface area contributed by atoms with Crippen LogP contribution in [-0.4, -0.2) is 72.1 Å². The number of likely N-dealkylation sites (N-methyl/N-ethyl adjacent to an activating group) is 1. The maximum absolute atomic E-state index is 12.7. The summed E-state index contributed by atoms with van der Waals surface area (Å²) in [5.74, 6) is 0.468. The normalized spacial score (nSPS) is 15.7. The molecule has 7 heteroatoms. The van der Waals surface area contributed by atoms with E-state index in [9.17, 15) is 4.79 Å². The average Bonchev–Trinajstić information content (AvgIpc) is 3.07. The van der Waals surface area contributed by atoms with Crippen molar-refractivity contribution in [3.63, 3.8) is 0 Å². The fourth-order valence-electron chi connectivity index (χ4n) is 3.78. The van der Waals surface area contributed by atoms with Crippen LogP contribution in [0.3, 0.4) is 0 Å². The number of piperazine rings is 1. The third-order valence-electron chi connectivity index (χ3n) is 5.71. The van der Waals surface area contributed by atoms with Crippen molar-refractivity contribution in [1.29, 1.82) is 0 Å². The molecule has 4 rings (SSSR count). The molecule has 7 nitrogen and oxygen atoms in total. The van der Waals surface area contributed by atoms with E-state index in [-0.39, 0.29) is 5.91 Å². The molecule has 152 valence electrons. The molecular weight excluding hydrogens is 364 g/mol. The lowest BCUT2D eigenvalue weighted by Gasteiger charge is -2.32. The molecule has 1 saturated heterocycles. The zero-order valence-corrected chi connectivity index (χ0v) is 17.1. The molecule has 0 saturated carbocycles. The molecule has 3 aromatic rings. The standard InChI is InChI=1S/C22H28N6O/c1-25-10-12-27(13-11-25)14-15-28-20-9-8-18(16-19(20)24-22(28)23)26(2)21(29)17-6-4-3-5-7-17/h3-9,16H,10-15H2,1-2H3,(H2,23,24). The SMILES string of the molecule is CN1CCN(CCn2c(N)nc3cc(N(C)C(=O)c4ccccc4)ccc32)CC1. The molecule has 29 heavy (non-hydrogen) atoms. The van der Waals surface area contributed by atoms with Crippen LogP contribution in [0.5, 0.6) is 0 Å². The Balaban J connectivity index is 1.51. The summed E-state index contributed by atoms with van der Waals surface area (Å²) >= 11 is 0. The van der Waals surface area contributed by atoms with E-state index in [1.807, 2.05) is 48.5 Å².